The summed E-state index contributed by atoms with van der Waals surface area (Å²) in [6.45, 7) is 1.28. The van der Waals surface area contributed by atoms with E-state index in [-0.39, 0.29) is 28.1 Å². The molecule has 0 aliphatic carbocycles. The smallest absolute Gasteiger partial charge is 0.344 e. The Balaban J connectivity index is 3.13. The van der Waals surface area contributed by atoms with E-state index in [4.69, 9.17) is 39.5 Å². The van der Waals surface area contributed by atoms with Crippen LogP contribution in [-0.2, 0) is 19.9 Å². The van der Waals surface area contributed by atoms with Gasteiger partial charge in [-0.05, 0) is 24.6 Å². The van der Waals surface area contributed by atoms with Gasteiger partial charge in [-0.25, -0.2) is 4.79 Å². The lowest BCUT2D eigenvalue weighted by Gasteiger charge is -2.26. The first kappa shape index (κ1) is 18.0. The van der Waals surface area contributed by atoms with Crippen LogP contribution in [0, 0.1) is 0 Å². The Morgan fingerprint density at radius 2 is 2.00 bits per heavy atom. The van der Waals surface area contributed by atoms with E-state index >= 15 is 0 Å². The van der Waals surface area contributed by atoms with Crippen LogP contribution in [0.4, 0.5) is 0 Å². The van der Waals surface area contributed by atoms with E-state index in [1.54, 1.807) is 6.92 Å². The van der Waals surface area contributed by atoms with Crippen molar-refractivity contribution in [1.82, 2.24) is 5.32 Å². The molecule has 1 rings (SSSR count). The molecule has 0 aromatic heterocycles. The third-order valence-electron chi connectivity index (χ3n) is 2.67. The van der Waals surface area contributed by atoms with Crippen molar-refractivity contribution in [2.24, 2.45) is 0 Å². The molecule has 0 heterocycles. The van der Waals surface area contributed by atoms with Crippen LogP contribution in [0.1, 0.15) is 12.5 Å². The summed E-state index contributed by atoms with van der Waals surface area (Å²) in [6.07, 6.45) is 0. The van der Waals surface area contributed by atoms with E-state index in [9.17, 15) is 14.7 Å². The lowest BCUT2D eigenvalue weighted by atomic mass is 9.93. The number of halogens is 3. The van der Waals surface area contributed by atoms with Crippen molar-refractivity contribution < 1.29 is 19.4 Å². The van der Waals surface area contributed by atoms with E-state index < -0.39 is 24.0 Å². The van der Waals surface area contributed by atoms with Gasteiger partial charge in [0.25, 0.3) is 0 Å². The summed E-state index contributed by atoms with van der Waals surface area (Å²) in [5.74, 6) is -1.72. The molecule has 0 saturated heterocycles. The molecule has 0 radical (unpaired) electrons. The Morgan fingerprint density at radius 1 is 1.33 bits per heavy atom. The number of rotatable bonds is 6. The number of nitrogens with one attached hydrogen (secondary N) is 1. The topological polar surface area (TPSA) is 75.6 Å². The Morgan fingerprint density at radius 3 is 2.52 bits per heavy atom. The summed E-state index contributed by atoms with van der Waals surface area (Å²) in [7, 11) is 0. The molecule has 21 heavy (non-hydrogen) atoms. The van der Waals surface area contributed by atoms with Crippen LogP contribution in [0.25, 0.3) is 0 Å². The standard InChI is InChI=1S/C13H14Cl3NO4/c1-2-21-12(19)13(20,7-17-11(18)6-14)8-3-4-9(15)10(16)5-8/h3-5,20H,2,6-7H2,1H3,(H,17,18)/t13-/m0/s1. The first-order chi connectivity index (χ1) is 9.85. The largest absolute Gasteiger partial charge is 0.464 e. The molecule has 5 nitrogen and oxygen atoms in total. The maximum absolute atomic E-state index is 12.0. The molecule has 2 N–H and O–H groups in total. The van der Waals surface area contributed by atoms with E-state index in [1.807, 2.05) is 0 Å². The van der Waals surface area contributed by atoms with Crippen molar-refractivity contribution in [1.29, 1.82) is 0 Å². The fourth-order valence-corrected chi connectivity index (χ4v) is 1.96. The normalized spacial score (nSPS) is 13.4. The van der Waals surface area contributed by atoms with Gasteiger partial charge in [-0.1, -0.05) is 29.3 Å². The highest BCUT2D eigenvalue weighted by molar-refractivity contribution is 6.42. The Hall–Kier alpha value is -1.01. The Labute approximate surface area is 137 Å². The molecule has 116 valence electrons. The molecule has 0 aliphatic rings. The van der Waals surface area contributed by atoms with E-state index in [1.165, 1.54) is 18.2 Å². The molecule has 0 spiro atoms. The summed E-state index contributed by atoms with van der Waals surface area (Å²) in [5.41, 5.74) is -1.92. The van der Waals surface area contributed by atoms with Crippen LogP contribution >= 0.6 is 34.8 Å². The SMILES string of the molecule is CCOC(=O)[C@](O)(CNC(=O)CCl)c1ccc(Cl)c(Cl)c1. The van der Waals surface area contributed by atoms with Crippen LogP contribution in [-0.4, -0.2) is 36.0 Å². The first-order valence-electron chi connectivity index (χ1n) is 6.03. The molecular formula is C13H14Cl3NO4. The number of esters is 1. The van der Waals surface area contributed by atoms with Crippen LogP contribution in [0.15, 0.2) is 18.2 Å². The molecule has 0 aliphatic heterocycles. The molecular weight excluding hydrogens is 341 g/mol. The quantitative estimate of drug-likeness (QED) is 0.606. The van der Waals surface area contributed by atoms with Gasteiger partial charge in [-0.2, -0.15) is 0 Å². The molecule has 0 saturated carbocycles. The third-order valence-corrected chi connectivity index (χ3v) is 3.65. The molecule has 1 amide bonds. The zero-order valence-electron chi connectivity index (χ0n) is 11.2. The van der Waals surface area contributed by atoms with Crippen molar-refractivity contribution in [3.05, 3.63) is 33.8 Å². The number of hydrogen-bond donors (Lipinski definition) is 2. The van der Waals surface area contributed by atoms with Crippen LogP contribution < -0.4 is 5.32 Å². The highest BCUT2D eigenvalue weighted by Gasteiger charge is 2.40. The van der Waals surface area contributed by atoms with Gasteiger partial charge in [0.05, 0.1) is 23.2 Å². The van der Waals surface area contributed by atoms with E-state index in [2.05, 4.69) is 5.32 Å². The number of amides is 1. The Bertz CT molecular complexity index is 538. The van der Waals surface area contributed by atoms with Gasteiger partial charge >= 0.3 is 5.97 Å². The Kier molecular flexibility index (Phi) is 6.74. The number of aliphatic hydroxyl groups is 1. The predicted octanol–water partition coefficient (Wildman–Crippen LogP) is 2.10. The number of benzene rings is 1. The molecule has 1 aromatic rings. The highest BCUT2D eigenvalue weighted by atomic mass is 35.5. The average Bonchev–Trinajstić information content (AvgIpc) is 2.47. The lowest BCUT2D eigenvalue weighted by Crippen LogP contribution is -2.47. The number of carbonyl (C=O) groups excluding carboxylic acids is 2. The molecule has 0 fully saturated rings. The zero-order valence-corrected chi connectivity index (χ0v) is 13.4. The monoisotopic (exact) mass is 353 g/mol. The van der Waals surface area contributed by atoms with Gasteiger partial charge in [0.1, 0.15) is 5.88 Å². The summed E-state index contributed by atoms with van der Waals surface area (Å²) >= 11 is 17.1. The average molecular weight is 355 g/mol. The minimum atomic E-state index is -2.08. The van der Waals surface area contributed by atoms with Crippen LogP contribution in [0.5, 0.6) is 0 Å². The second-order valence-electron chi connectivity index (χ2n) is 4.12. The second kappa shape index (κ2) is 7.84. The van der Waals surface area contributed by atoms with E-state index in [0.717, 1.165) is 0 Å². The number of carbonyl (C=O) groups is 2. The molecule has 8 heteroatoms. The van der Waals surface area contributed by atoms with Gasteiger partial charge in [0.2, 0.25) is 11.5 Å². The summed E-state index contributed by atoms with van der Waals surface area (Å²) < 4.78 is 4.85. The summed E-state index contributed by atoms with van der Waals surface area (Å²) in [5, 5.41) is 13.4. The number of hydrogen-bond acceptors (Lipinski definition) is 4. The van der Waals surface area contributed by atoms with Crippen LogP contribution in [0.3, 0.4) is 0 Å². The third kappa shape index (κ3) is 4.48. The van der Waals surface area contributed by atoms with Crippen molar-refractivity contribution in [2.45, 2.75) is 12.5 Å². The van der Waals surface area contributed by atoms with Gasteiger partial charge in [-0.15, -0.1) is 11.6 Å². The summed E-state index contributed by atoms with van der Waals surface area (Å²) in [6, 6.07) is 4.21. The maximum Gasteiger partial charge on any atom is 0.344 e. The molecule has 1 atom stereocenters. The maximum atomic E-state index is 12.0. The molecule has 1 aromatic carbocycles. The van der Waals surface area contributed by atoms with Gasteiger partial charge < -0.3 is 15.2 Å². The summed E-state index contributed by atoms with van der Waals surface area (Å²) in [4.78, 5) is 23.3. The van der Waals surface area contributed by atoms with Crippen molar-refractivity contribution in [3.63, 3.8) is 0 Å². The highest BCUT2D eigenvalue weighted by Crippen LogP contribution is 2.29. The fraction of sp³-hybridized carbons (Fsp3) is 0.385. The van der Waals surface area contributed by atoms with Crippen molar-refractivity contribution in [3.8, 4) is 0 Å². The van der Waals surface area contributed by atoms with Crippen molar-refractivity contribution in [2.75, 3.05) is 19.0 Å². The van der Waals surface area contributed by atoms with Gasteiger partial charge in [0, 0.05) is 0 Å². The predicted molar refractivity (Wildman–Crippen MR) is 80.7 cm³/mol. The zero-order chi connectivity index (χ0) is 16.0. The first-order valence-corrected chi connectivity index (χ1v) is 7.32. The van der Waals surface area contributed by atoms with E-state index in [0.29, 0.717) is 0 Å². The molecule has 0 unspecified atom stereocenters. The number of alkyl halides is 1. The minimum Gasteiger partial charge on any atom is -0.464 e. The van der Waals surface area contributed by atoms with Crippen molar-refractivity contribution >= 4 is 46.7 Å². The fourth-order valence-electron chi connectivity index (χ4n) is 1.57. The van der Waals surface area contributed by atoms with Crippen LogP contribution in [0.2, 0.25) is 10.0 Å². The van der Waals surface area contributed by atoms with Gasteiger partial charge in [-0.3, -0.25) is 4.79 Å². The lowest BCUT2D eigenvalue weighted by molar-refractivity contribution is -0.166. The van der Waals surface area contributed by atoms with Gasteiger partial charge in [0.15, 0.2) is 0 Å². The second-order valence-corrected chi connectivity index (χ2v) is 5.20. The number of ether oxygens (including phenoxy) is 1. The minimum absolute atomic E-state index is 0.0753. The molecule has 0 bridgehead atoms.